The van der Waals surface area contributed by atoms with E-state index in [-0.39, 0.29) is 23.7 Å². The van der Waals surface area contributed by atoms with Crippen molar-refractivity contribution in [2.75, 3.05) is 33.4 Å². The van der Waals surface area contributed by atoms with Crippen molar-refractivity contribution in [3.8, 4) is 0 Å². The quantitative estimate of drug-likeness (QED) is 0.665. The van der Waals surface area contributed by atoms with Crippen molar-refractivity contribution in [1.82, 2.24) is 10.6 Å². The van der Waals surface area contributed by atoms with Gasteiger partial charge in [0.05, 0.1) is 19.3 Å². The molecular weight excluding hydrogens is 304 g/mol. The van der Waals surface area contributed by atoms with Crippen LogP contribution in [0, 0.1) is 5.41 Å². The SMILES string of the molecule is CCOC1CC(NC(=O)CNCCOC)C12CCCCC2.Cl. The highest BCUT2D eigenvalue weighted by molar-refractivity contribution is 5.85. The molecule has 0 aliphatic heterocycles. The minimum absolute atomic E-state index is 0. The van der Waals surface area contributed by atoms with E-state index in [0.29, 0.717) is 31.8 Å². The van der Waals surface area contributed by atoms with E-state index in [1.165, 1.54) is 32.1 Å². The predicted octanol–water partition coefficient (Wildman–Crippen LogP) is 1.89. The van der Waals surface area contributed by atoms with Crippen LogP contribution >= 0.6 is 12.4 Å². The summed E-state index contributed by atoms with van der Waals surface area (Å²) >= 11 is 0. The van der Waals surface area contributed by atoms with Gasteiger partial charge in [0.1, 0.15) is 0 Å². The molecule has 1 spiro atoms. The summed E-state index contributed by atoms with van der Waals surface area (Å²) in [5.74, 6) is 0.0935. The fraction of sp³-hybridized carbons (Fsp3) is 0.938. The van der Waals surface area contributed by atoms with Gasteiger partial charge in [0, 0.05) is 31.7 Å². The molecule has 0 aromatic carbocycles. The molecule has 2 aliphatic carbocycles. The van der Waals surface area contributed by atoms with Crippen LogP contribution in [0.25, 0.3) is 0 Å². The van der Waals surface area contributed by atoms with E-state index in [2.05, 4.69) is 17.6 Å². The number of ether oxygens (including phenoxy) is 2. The third-order valence-electron chi connectivity index (χ3n) is 5.04. The summed E-state index contributed by atoms with van der Waals surface area (Å²) in [6.45, 7) is 4.54. The van der Waals surface area contributed by atoms with Crippen LogP contribution in [0.5, 0.6) is 0 Å². The van der Waals surface area contributed by atoms with Crippen molar-refractivity contribution in [3.05, 3.63) is 0 Å². The van der Waals surface area contributed by atoms with Gasteiger partial charge in [0.25, 0.3) is 0 Å². The standard InChI is InChI=1S/C16H30N2O3.ClH/c1-3-21-14-11-13(16(14)7-5-4-6-8-16)18-15(19)12-17-9-10-20-2;/h13-14,17H,3-12H2,1-2H3,(H,18,19);1H. The first-order valence-corrected chi connectivity index (χ1v) is 8.33. The number of halogens is 1. The van der Waals surface area contributed by atoms with E-state index in [1.54, 1.807) is 7.11 Å². The van der Waals surface area contributed by atoms with Crippen LogP contribution in [0.2, 0.25) is 0 Å². The van der Waals surface area contributed by atoms with E-state index < -0.39 is 0 Å². The van der Waals surface area contributed by atoms with Crippen LogP contribution in [0.1, 0.15) is 45.4 Å². The molecule has 6 heteroatoms. The Balaban J connectivity index is 0.00000242. The van der Waals surface area contributed by atoms with Crippen molar-refractivity contribution >= 4 is 18.3 Å². The Morgan fingerprint density at radius 1 is 1.27 bits per heavy atom. The highest BCUT2D eigenvalue weighted by Gasteiger charge is 2.55. The average Bonchev–Trinajstić information content (AvgIpc) is 2.51. The van der Waals surface area contributed by atoms with Crippen LogP contribution in [0.15, 0.2) is 0 Å². The lowest BCUT2D eigenvalue weighted by Crippen LogP contribution is -2.66. The molecule has 1 amide bonds. The van der Waals surface area contributed by atoms with E-state index in [4.69, 9.17) is 9.47 Å². The molecule has 5 nitrogen and oxygen atoms in total. The molecule has 0 aromatic heterocycles. The monoisotopic (exact) mass is 334 g/mol. The zero-order valence-corrected chi connectivity index (χ0v) is 14.7. The molecule has 22 heavy (non-hydrogen) atoms. The highest BCUT2D eigenvalue weighted by atomic mass is 35.5. The van der Waals surface area contributed by atoms with Gasteiger partial charge in [0.15, 0.2) is 0 Å². The zero-order chi connectivity index (χ0) is 15.1. The highest BCUT2D eigenvalue weighted by Crippen LogP contribution is 2.53. The molecule has 0 heterocycles. The maximum atomic E-state index is 12.0. The van der Waals surface area contributed by atoms with Gasteiger partial charge in [-0.1, -0.05) is 19.3 Å². The van der Waals surface area contributed by atoms with E-state index >= 15 is 0 Å². The Morgan fingerprint density at radius 2 is 2.00 bits per heavy atom. The van der Waals surface area contributed by atoms with Crippen molar-refractivity contribution in [2.24, 2.45) is 5.41 Å². The maximum Gasteiger partial charge on any atom is 0.234 e. The molecule has 0 aromatic rings. The van der Waals surface area contributed by atoms with Crippen molar-refractivity contribution < 1.29 is 14.3 Å². The van der Waals surface area contributed by atoms with Crippen molar-refractivity contribution in [2.45, 2.75) is 57.6 Å². The summed E-state index contributed by atoms with van der Waals surface area (Å²) in [4.78, 5) is 12.0. The normalized spacial score (nSPS) is 26.1. The second-order valence-corrected chi connectivity index (χ2v) is 6.26. The lowest BCUT2D eigenvalue weighted by atomic mass is 9.55. The van der Waals surface area contributed by atoms with Gasteiger partial charge in [-0.25, -0.2) is 0 Å². The Hall–Kier alpha value is -0.360. The van der Waals surface area contributed by atoms with Crippen molar-refractivity contribution in [3.63, 3.8) is 0 Å². The summed E-state index contributed by atoms with van der Waals surface area (Å²) in [7, 11) is 1.66. The molecule has 2 rings (SSSR count). The largest absolute Gasteiger partial charge is 0.383 e. The third-order valence-corrected chi connectivity index (χ3v) is 5.04. The van der Waals surface area contributed by atoms with Gasteiger partial charge < -0.3 is 20.1 Å². The molecule has 130 valence electrons. The molecular formula is C16H31ClN2O3. The van der Waals surface area contributed by atoms with Crippen LogP contribution < -0.4 is 10.6 Å². The number of rotatable bonds is 8. The molecule has 2 aliphatic rings. The number of hydrogen-bond acceptors (Lipinski definition) is 4. The average molecular weight is 335 g/mol. The molecule has 0 saturated heterocycles. The number of methoxy groups -OCH3 is 1. The van der Waals surface area contributed by atoms with Crippen LogP contribution in [-0.2, 0) is 14.3 Å². The second kappa shape index (κ2) is 9.71. The lowest BCUT2D eigenvalue weighted by molar-refractivity contribution is -0.156. The first-order chi connectivity index (χ1) is 10.2. The number of nitrogens with one attached hydrogen (secondary N) is 2. The Labute approximate surface area is 140 Å². The molecule has 2 atom stereocenters. The van der Waals surface area contributed by atoms with Gasteiger partial charge in [-0.2, -0.15) is 0 Å². The van der Waals surface area contributed by atoms with Gasteiger partial charge in [-0.15, -0.1) is 12.4 Å². The minimum atomic E-state index is 0. The van der Waals surface area contributed by atoms with Gasteiger partial charge in [-0.05, 0) is 26.2 Å². The van der Waals surface area contributed by atoms with Gasteiger partial charge >= 0.3 is 0 Å². The topological polar surface area (TPSA) is 59.6 Å². The van der Waals surface area contributed by atoms with Crippen LogP contribution in [0.3, 0.4) is 0 Å². The first kappa shape index (κ1) is 19.7. The predicted molar refractivity (Wildman–Crippen MR) is 89.5 cm³/mol. The number of carbonyl (C=O) groups excluding carboxylic acids is 1. The molecule has 2 unspecified atom stereocenters. The summed E-state index contributed by atoms with van der Waals surface area (Å²) in [6, 6.07) is 0.297. The minimum Gasteiger partial charge on any atom is -0.383 e. The summed E-state index contributed by atoms with van der Waals surface area (Å²) in [5, 5.41) is 6.32. The van der Waals surface area contributed by atoms with Crippen molar-refractivity contribution in [1.29, 1.82) is 0 Å². The molecule has 2 saturated carbocycles. The number of hydrogen-bond donors (Lipinski definition) is 2. The molecule has 2 N–H and O–H groups in total. The zero-order valence-electron chi connectivity index (χ0n) is 13.9. The third kappa shape index (κ3) is 4.57. The fourth-order valence-corrected chi connectivity index (χ4v) is 3.89. The first-order valence-electron chi connectivity index (χ1n) is 8.33. The van der Waals surface area contributed by atoms with Crippen LogP contribution in [-0.4, -0.2) is 51.5 Å². The lowest BCUT2D eigenvalue weighted by Gasteiger charge is -2.57. The second-order valence-electron chi connectivity index (χ2n) is 6.26. The number of amides is 1. The summed E-state index contributed by atoms with van der Waals surface area (Å²) in [6.07, 6.45) is 7.55. The summed E-state index contributed by atoms with van der Waals surface area (Å²) in [5.41, 5.74) is 0.205. The Bertz CT molecular complexity index is 335. The van der Waals surface area contributed by atoms with Crippen LogP contribution in [0.4, 0.5) is 0 Å². The van der Waals surface area contributed by atoms with E-state index in [9.17, 15) is 4.79 Å². The summed E-state index contributed by atoms with van der Waals surface area (Å²) < 4.78 is 10.9. The smallest absolute Gasteiger partial charge is 0.234 e. The molecule has 2 fully saturated rings. The van der Waals surface area contributed by atoms with Gasteiger partial charge in [0.2, 0.25) is 5.91 Å². The van der Waals surface area contributed by atoms with E-state index in [0.717, 1.165) is 13.0 Å². The molecule has 0 bridgehead atoms. The maximum absolute atomic E-state index is 12.0. The molecule has 0 radical (unpaired) electrons. The Morgan fingerprint density at radius 3 is 2.64 bits per heavy atom. The Kier molecular flexibility index (Phi) is 8.69. The van der Waals surface area contributed by atoms with E-state index in [1.807, 2.05) is 0 Å². The fourth-order valence-electron chi connectivity index (χ4n) is 3.89. The number of carbonyl (C=O) groups is 1. The van der Waals surface area contributed by atoms with Gasteiger partial charge in [-0.3, -0.25) is 4.79 Å².